The second-order valence-electron chi connectivity index (χ2n) is 5.09. The highest BCUT2D eigenvalue weighted by Gasteiger charge is 2.33. The molecule has 4 aromatic rings. The number of halogens is 3. The topological polar surface area (TPSA) is 67.8 Å². The molecule has 0 aliphatic carbocycles. The van der Waals surface area contributed by atoms with Gasteiger partial charge in [-0.2, -0.15) is 21.9 Å². The molecule has 0 spiro atoms. The number of fused-ring (bicyclic) bond motifs is 2. The fraction of sp³-hybridized carbons (Fsp3) is 0.0667. The molecule has 0 atom stereocenters. The SMILES string of the molecule is O=C(Nc1nc2c(C(F)(F)F)cccc2s1)c1ccc2nsnc2c1. The Morgan fingerprint density at radius 3 is 2.68 bits per heavy atom. The fourth-order valence-electron chi connectivity index (χ4n) is 2.32. The van der Waals surface area contributed by atoms with Crippen molar-refractivity contribution in [1.29, 1.82) is 0 Å². The van der Waals surface area contributed by atoms with Gasteiger partial charge in [-0.25, -0.2) is 4.98 Å². The van der Waals surface area contributed by atoms with Crippen LogP contribution in [0.1, 0.15) is 15.9 Å². The third-order valence-corrected chi connectivity index (χ3v) is 4.95. The molecule has 1 amide bonds. The zero-order valence-corrected chi connectivity index (χ0v) is 13.8. The van der Waals surface area contributed by atoms with Crippen LogP contribution in [0.3, 0.4) is 0 Å². The van der Waals surface area contributed by atoms with Crippen LogP contribution in [0.2, 0.25) is 0 Å². The first-order valence-electron chi connectivity index (χ1n) is 6.92. The lowest BCUT2D eigenvalue weighted by atomic mass is 10.2. The summed E-state index contributed by atoms with van der Waals surface area (Å²) in [7, 11) is 0. The van der Waals surface area contributed by atoms with Crippen molar-refractivity contribution in [3.8, 4) is 0 Å². The quantitative estimate of drug-likeness (QED) is 0.553. The van der Waals surface area contributed by atoms with Crippen molar-refractivity contribution in [2.24, 2.45) is 0 Å². The van der Waals surface area contributed by atoms with Crippen LogP contribution in [0.15, 0.2) is 36.4 Å². The van der Waals surface area contributed by atoms with Gasteiger partial charge in [-0.05, 0) is 30.3 Å². The Morgan fingerprint density at radius 2 is 1.88 bits per heavy atom. The van der Waals surface area contributed by atoms with Gasteiger partial charge in [0.2, 0.25) is 0 Å². The maximum absolute atomic E-state index is 13.0. The van der Waals surface area contributed by atoms with Gasteiger partial charge in [-0.1, -0.05) is 17.4 Å². The van der Waals surface area contributed by atoms with E-state index in [9.17, 15) is 18.0 Å². The van der Waals surface area contributed by atoms with E-state index in [1.165, 1.54) is 12.1 Å². The molecule has 2 aromatic heterocycles. The average molecular weight is 380 g/mol. The summed E-state index contributed by atoms with van der Waals surface area (Å²) in [5.41, 5.74) is 0.597. The molecule has 0 aliphatic heterocycles. The molecule has 2 aromatic carbocycles. The summed E-state index contributed by atoms with van der Waals surface area (Å²) >= 11 is 2.02. The molecule has 0 aliphatic rings. The maximum atomic E-state index is 13.0. The van der Waals surface area contributed by atoms with Gasteiger partial charge in [0.05, 0.1) is 27.5 Å². The molecule has 5 nitrogen and oxygen atoms in total. The van der Waals surface area contributed by atoms with Crippen LogP contribution in [0.5, 0.6) is 0 Å². The third-order valence-electron chi connectivity index (χ3n) is 3.46. The Kier molecular flexibility index (Phi) is 3.65. The number of carbonyl (C=O) groups excluding carboxylic acids is 1. The van der Waals surface area contributed by atoms with Crippen molar-refractivity contribution in [3.63, 3.8) is 0 Å². The van der Waals surface area contributed by atoms with Crippen molar-refractivity contribution < 1.29 is 18.0 Å². The molecular formula is C15H7F3N4OS2. The molecule has 0 radical (unpaired) electrons. The normalized spacial score (nSPS) is 12.0. The Morgan fingerprint density at radius 1 is 1.08 bits per heavy atom. The van der Waals surface area contributed by atoms with Crippen LogP contribution < -0.4 is 5.32 Å². The van der Waals surface area contributed by atoms with Crippen molar-refractivity contribution in [2.75, 3.05) is 5.32 Å². The number of rotatable bonds is 2. The van der Waals surface area contributed by atoms with Gasteiger partial charge >= 0.3 is 6.18 Å². The zero-order valence-electron chi connectivity index (χ0n) is 12.2. The first kappa shape index (κ1) is 15.9. The molecule has 0 saturated carbocycles. The van der Waals surface area contributed by atoms with Crippen LogP contribution in [0.4, 0.5) is 18.3 Å². The lowest BCUT2D eigenvalue weighted by molar-refractivity contribution is -0.136. The number of anilines is 1. The summed E-state index contributed by atoms with van der Waals surface area (Å²) in [6.45, 7) is 0. The summed E-state index contributed by atoms with van der Waals surface area (Å²) in [6.07, 6.45) is -4.50. The predicted molar refractivity (Wildman–Crippen MR) is 90.0 cm³/mol. The van der Waals surface area contributed by atoms with E-state index in [-0.39, 0.29) is 10.6 Å². The number of nitrogens with zero attached hydrogens (tertiary/aromatic N) is 3. The van der Waals surface area contributed by atoms with Gasteiger partial charge in [0.15, 0.2) is 5.13 Å². The highest BCUT2D eigenvalue weighted by atomic mass is 32.1. The second-order valence-corrected chi connectivity index (χ2v) is 6.65. The average Bonchev–Trinajstić information content (AvgIpc) is 3.18. The first-order chi connectivity index (χ1) is 11.9. The molecule has 0 bridgehead atoms. The molecule has 4 rings (SSSR count). The molecule has 0 fully saturated rings. The summed E-state index contributed by atoms with van der Waals surface area (Å²) < 4.78 is 47.6. The van der Waals surface area contributed by atoms with Gasteiger partial charge in [-0.3, -0.25) is 10.1 Å². The second kappa shape index (κ2) is 5.74. The standard InChI is InChI=1S/C15H7F3N4OS2/c16-15(17,18)8-2-1-3-11-12(8)19-14(24-11)20-13(23)7-4-5-9-10(6-7)22-25-21-9/h1-6H,(H,19,20,23). The van der Waals surface area contributed by atoms with Crippen LogP contribution in [-0.2, 0) is 6.18 Å². The van der Waals surface area contributed by atoms with E-state index in [0.29, 0.717) is 21.3 Å². The van der Waals surface area contributed by atoms with Gasteiger partial charge in [-0.15, -0.1) is 0 Å². The molecule has 25 heavy (non-hydrogen) atoms. The van der Waals surface area contributed by atoms with Crippen molar-refractivity contribution >= 4 is 55.4 Å². The molecule has 10 heteroatoms. The molecule has 1 N–H and O–H groups in total. The van der Waals surface area contributed by atoms with Crippen LogP contribution in [-0.4, -0.2) is 19.6 Å². The van der Waals surface area contributed by atoms with E-state index in [2.05, 4.69) is 19.0 Å². The zero-order chi connectivity index (χ0) is 17.6. The van der Waals surface area contributed by atoms with E-state index in [1.807, 2.05) is 0 Å². The number of aromatic nitrogens is 3. The van der Waals surface area contributed by atoms with Crippen LogP contribution >= 0.6 is 23.1 Å². The smallest absolute Gasteiger partial charge is 0.298 e. The number of thiazole rings is 1. The van der Waals surface area contributed by atoms with Crippen LogP contribution in [0.25, 0.3) is 21.3 Å². The van der Waals surface area contributed by atoms with Gasteiger partial charge in [0.25, 0.3) is 5.91 Å². The largest absolute Gasteiger partial charge is 0.418 e. The van der Waals surface area contributed by atoms with Crippen LogP contribution in [0, 0.1) is 0 Å². The summed E-state index contributed by atoms with van der Waals surface area (Å²) in [4.78, 5) is 16.3. The number of hydrogen-bond donors (Lipinski definition) is 1. The highest BCUT2D eigenvalue weighted by molar-refractivity contribution is 7.22. The summed E-state index contributed by atoms with van der Waals surface area (Å²) in [5, 5.41) is 2.64. The number of amides is 1. The van der Waals surface area contributed by atoms with Crippen molar-refractivity contribution in [2.45, 2.75) is 6.18 Å². The number of nitrogens with one attached hydrogen (secondary N) is 1. The van der Waals surface area contributed by atoms with Gasteiger partial charge < -0.3 is 0 Å². The maximum Gasteiger partial charge on any atom is 0.418 e. The van der Waals surface area contributed by atoms with E-state index in [0.717, 1.165) is 29.1 Å². The van der Waals surface area contributed by atoms with E-state index >= 15 is 0 Å². The molecule has 126 valence electrons. The fourth-order valence-corrected chi connectivity index (χ4v) is 3.73. The molecular weight excluding hydrogens is 373 g/mol. The van der Waals surface area contributed by atoms with Gasteiger partial charge in [0.1, 0.15) is 11.0 Å². The molecule has 2 heterocycles. The number of para-hydroxylation sites is 1. The lowest BCUT2D eigenvalue weighted by Gasteiger charge is -2.06. The van der Waals surface area contributed by atoms with Gasteiger partial charge in [0, 0.05) is 5.56 Å². The lowest BCUT2D eigenvalue weighted by Crippen LogP contribution is -2.11. The minimum atomic E-state index is -4.50. The van der Waals surface area contributed by atoms with E-state index in [1.54, 1.807) is 18.2 Å². The Labute approximate surface area is 146 Å². The molecule has 0 saturated heterocycles. The monoisotopic (exact) mass is 380 g/mol. The Hall–Kier alpha value is -2.59. The third kappa shape index (κ3) is 2.94. The number of benzene rings is 2. The number of alkyl halides is 3. The first-order valence-corrected chi connectivity index (χ1v) is 8.47. The Bertz CT molecular complexity index is 1100. The molecule has 0 unspecified atom stereocenters. The minimum Gasteiger partial charge on any atom is -0.298 e. The highest BCUT2D eigenvalue weighted by Crippen LogP contribution is 2.37. The van der Waals surface area contributed by atoms with E-state index in [4.69, 9.17) is 0 Å². The minimum absolute atomic E-state index is 0.105. The number of carbonyl (C=O) groups is 1. The van der Waals surface area contributed by atoms with Crippen molar-refractivity contribution in [1.82, 2.24) is 13.7 Å². The Balaban J connectivity index is 1.67. The summed E-state index contributed by atoms with van der Waals surface area (Å²) in [6, 6.07) is 8.63. The predicted octanol–water partition coefficient (Wildman–Crippen LogP) is 4.57. The number of hydrogen-bond acceptors (Lipinski definition) is 6. The van der Waals surface area contributed by atoms with Crippen molar-refractivity contribution in [3.05, 3.63) is 47.5 Å². The summed E-state index contributed by atoms with van der Waals surface area (Å²) in [5.74, 6) is -0.470. The van der Waals surface area contributed by atoms with E-state index < -0.39 is 17.6 Å².